The van der Waals surface area contributed by atoms with Crippen LogP contribution in [-0.2, 0) is 30.5 Å². The van der Waals surface area contributed by atoms with Gasteiger partial charge >= 0.3 is 11.9 Å². The van der Waals surface area contributed by atoms with Gasteiger partial charge in [-0.25, -0.2) is 0 Å². The molecule has 2 unspecified atom stereocenters. The van der Waals surface area contributed by atoms with Crippen LogP contribution in [0.1, 0.15) is 23.6 Å². The van der Waals surface area contributed by atoms with Crippen LogP contribution in [0.15, 0.2) is 60.7 Å². The van der Waals surface area contributed by atoms with Crippen molar-refractivity contribution in [1.29, 1.82) is 0 Å². The van der Waals surface area contributed by atoms with Crippen molar-refractivity contribution in [3.63, 3.8) is 0 Å². The normalized spacial score (nSPS) is 12.7. The van der Waals surface area contributed by atoms with Gasteiger partial charge in [-0.1, -0.05) is 60.7 Å². The lowest BCUT2D eigenvalue weighted by Gasteiger charge is -2.16. The monoisotopic (exact) mass is 355 g/mol. The molecule has 2 atom stereocenters. The van der Waals surface area contributed by atoms with Crippen LogP contribution in [0.25, 0.3) is 0 Å². The maximum atomic E-state index is 12.4. The number of hydrogen-bond donors (Lipinski definition) is 1. The van der Waals surface area contributed by atoms with Crippen molar-refractivity contribution in [1.82, 2.24) is 0 Å². The van der Waals surface area contributed by atoms with Crippen LogP contribution in [0.4, 0.5) is 0 Å². The molecule has 0 aromatic heterocycles. The minimum Gasteiger partial charge on any atom is -0.468 e. The fourth-order valence-corrected chi connectivity index (χ4v) is 2.41. The quantitative estimate of drug-likeness (QED) is 0.576. The summed E-state index contributed by atoms with van der Waals surface area (Å²) >= 11 is 0. The summed E-state index contributed by atoms with van der Waals surface area (Å²) in [6, 6.07) is 16.9. The summed E-state index contributed by atoms with van der Waals surface area (Å²) in [5.74, 6) is -3.42. The van der Waals surface area contributed by atoms with Gasteiger partial charge in [-0.05, 0) is 11.1 Å². The number of ketones is 1. The second kappa shape index (κ2) is 9.48. The molecule has 0 fully saturated rings. The lowest BCUT2D eigenvalue weighted by Crippen LogP contribution is -2.32. The van der Waals surface area contributed by atoms with E-state index < -0.39 is 29.7 Å². The van der Waals surface area contributed by atoms with Crippen LogP contribution in [0.3, 0.4) is 0 Å². The summed E-state index contributed by atoms with van der Waals surface area (Å²) in [6.07, 6.45) is -0.379. The molecule has 0 spiro atoms. The molecule has 136 valence electrons. The molecule has 0 aliphatic heterocycles. The van der Waals surface area contributed by atoms with E-state index >= 15 is 0 Å². The topological polar surface area (TPSA) is 95.7 Å². The number of ether oxygens (including phenoxy) is 2. The van der Waals surface area contributed by atoms with E-state index in [1.54, 1.807) is 42.5 Å². The first-order chi connectivity index (χ1) is 12.5. The van der Waals surface area contributed by atoms with E-state index in [1.807, 2.05) is 18.2 Å². The fraction of sp³-hybridized carbons (Fsp3) is 0.250. The van der Waals surface area contributed by atoms with E-state index in [9.17, 15) is 14.4 Å². The van der Waals surface area contributed by atoms with Gasteiger partial charge in [-0.3, -0.25) is 14.4 Å². The zero-order chi connectivity index (χ0) is 18.9. The Hall–Kier alpha value is -2.99. The number of Topliss-reactive ketones (excluding diaryl/α,β-unsaturated/α-hetero) is 1. The zero-order valence-electron chi connectivity index (χ0n) is 14.5. The van der Waals surface area contributed by atoms with Crippen molar-refractivity contribution in [2.45, 2.75) is 19.1 Å². The SMILES string of the molecule is COC(=O)C(CC(=O)C(N)c1ccccc1)C(=O)OCc1ccccc1. The third kappa shape index (κ3) is 5.26. The van der Waals surface area contributed by atoms with Crippen LogP contribution in [0.2, 0.25) is 0 Å². The second-order valence-electron chi connectivity index (χ2n) is 5.73. The molecule has 0 bridgehead atoms. The second-order valence-corrected chi connectivity index (χ2v) is 5.73. The Labute approximate surface area is 151 Å². The molecule has 0 heterocycles. The third-order valence-corrected chi connectivity index (χ3v) is 3.91. The van der Waals surface area contributed by atoms with Gasteiger partial charge < -0.3 is 15.2 Å². The Balaban J connectivity index is 2.03. The van der Waals surface area contributed by atoms with Crippen molar-refractivity contribution in [2.24, 2.45) is 11.7 Å². The van der Waals surface area contributed by atoms with Gasteiger partial charge in [-0.2, -0.15) is 0 Å². The summed E-state index contributed by atoms with van der Waals surface area (Å²) < 4.78 is 9.81. The maximum absolute atomic E-state index is 12.4. The van der Waals surface area contributed by atoms with Crippen LogP contribution in [0, 0.1) is 5.92 Å². The summed E-state index contributed by atoms with van der Waals surface area (Å²) in [4.78, 5) is 36.7. The van der Waals surface area contributed by atoms with Crippen LogP contribution >= 0.6 is 0 Å². The van der Waals surface area contributed by atoms with Gasteiger partial charge in [0.15, 0.2) is 11.7 Å². The smallest absolute Gasteiger partial charge is 0.321 e. The van der Waals surface area contributed by atoms with Gasteiger partial charge in [0, 0.05) is 6.42 Å². The van der Waals surface area contributed by atoms with E-state index in [1.165, 1.54) is 0 Å². The molecule has 26 heavy (non-hydrogen) atoms. The van der Waals surface area contributed by atoms with Crippen molar-refractivity contribution in [3.8, 4) is 0 Å². The first-order valence-electron chi connectivity index (χ1n) is 8.14. The minimum atomic E-state index is -1.34. The Kier molecular flexibility index (Phi) is 7.05. The highest BCUT2D eigenvalue weighted by Gasteiger charge is 2.33. The number of methoxy groups -OCH3 is 1. The lowest BCUT2D eigenvalue weighted by molar-refractivity contribution is -0.163. The summed E-state index contributed by atoms with van der Waals surface area (Å²) in [6.45, 7) is 0.00605. The van der Waals surface area contributed by atoms with Gasteiger partial charge in [0.1, 0.15) is 6.61 Å². The van der Waals surface area contributed by atoms with Gasteiger partial charge in [0.25, 0.3) is 0 Å². The molecule has 2 N–H and O–H groups in total. The molecule has 0 aliphatic rings. The molecule has 2 rings (SSSR count). The lowest BCUT2D eigenvalue weighted by atomic mass is 9.95. The van der Waals surface area contributed by atoms with E-state index in [-0.39, 0.29) is 13.0 Å². The van der Waals surface area contributed by atoms with Crippen molar-refractivity contribution in [2.75, 3.05) is 7.11 Å². The van der Waals surface area contributed by atoms with Crippen molar-refractivity contribution < 1.29 is 23.9 Å². The van der Waals surface area contributed by atoms with Crippen LogP contribution < -0.4 is 5.73 Å². The Morgan fingerprint density at radius 2 is 1.50 bits per heavy atom. The molecule has 0 saturated heterocycles. The third-order valence-electron chi connectivity index (χ3n) is 3.91. The highest BCUT2D eigenvalue weighted by Crippen LogP contribution is 2.18. The Morgan fingerprint density at radius 1 is 0.923 bits per heavy atom. The minimum absolute atomic E-state index is 0.00605. The molecule has 6 heteroatoms. The van der Waals surface area contributed by atoms with Crippen LogP contribution in [-0.4, -0.2) is 24.8 Å². The van der Waals surface area contributed by atoms with Gasteiger partial charge in [0.05, 0.1) is 13.2 Å². The van der Waals surface area contributed by atoms with Gasteiger partial charge in [-0.15, -0.1) is 0 Å². The average molecular weight is 355 g/mol. The van der Waals surface area contributed by atoms with Crippen molar-refractivity contribution in [3.05, 3.63) is 71.8 Å². The molecule has 0 amide bonds. The predicted molar refractivity (Wildman–Crippen MR) is 94.7 cm³/mol. The molecule has 0 saturated carbocycles. The maximum Gasteiger partial charge on any atom is 0.321 e. The highest BCUT2D eigenvalue weighted by atomic mass is 16.5. The Bertz CT molecular complexity index is 745. The first-order valence-corrected chi connectivity index (χ1v) is 8.14. The molecule has 0 radical (unpaired) electrons. The zero-order valence-corrected chi connectivity index (χ0v) is 14.5. The Morgan fingerprint density at radius 3 is 2.08 bits per heavy atom. The van der Waals surface area contributed by atoms with E-state index in [0.29, 0.717) is 5.56 Å². The molecular formula is C20H21NO5. The number of rotatable bonds is 8. The van der Waals surface area contributed by atoms with E-state index in [4.69, 9.17) is 10.5 Å². The summed E-state index contributed by atoms with van der Waals surface area (Å²) in [5.41, 5.74) is 7.32. The molecule has 0 aliphatic carbocycles. The molecule has 2 aromatic carbocycles. The highest BCUT2D eigenvalue weighted by molar-refractivity contribution is 6.00. The fourth-order valence-electron chi connectivity index (χ4n) is 2.41. The van der Waals surface area contributed by atoms with E-state index in [2.05, 4.69) is 4.74 Å². The van der Waals surface area contributed by atoms with E-state index in [0.717, 1.165) is 12.7 Å². The van der Waals surface area contributed by atoms with Gasteiger partial charge in [0.2, 0.25) is 0 Å². The number of nitrogens with two attached hydrogens (primary N) is 1. The van der Waals surface area contributed by atoms with Crippen molar-refractivity contribution >= 4 is 17.7 Å². The molecular weight excluding hydrogens is 334 g/mol. The largest absolute Gasteiger partial charge is 0.468 e. The summed E-state index contributed by atoms with van der Waals surface area (Å²) in [5, 5.41) is 0. The number of esters is 2. The number of carbonyl (C=O) groups excluding carboxylic acids is 3. The molecule has 2 aromatic rings. The number of benzene rings is 2. The summed E-state index contributed by atoms with van der Waals surface area (Å²) in [7, 11) is 1.15. The standard InChI is InChI=1S/C20H21NO5/c1-25-19(23)16(20(24)26-13-14-8-4-2-5-9-14)12-17(22)18(21)15-10-6-3-7-11-15/h2-11,16,18H,12-13,21H2,1H3. The molecule has 6 nitrogen and oxygen atoms in total. The first kappa shape index (κ1) is 19.3. The number of hydrogen-bond acceptors (Lipinski definition) is 6. The predicted octanol–water partition coefficient (Wildman–Crippen LogP) is 2.18. The number of carbonyl (C=O) groups is 3. The van der Waals surface area contributed by atoms with Crippen LogP contribution in [0.5, 0.6) is 0 Å². The average Bonchev–Trinajstić information content (AvgIpc) is 2.70.